The summed E-state index contributed by atoms with van der Waals surface area (Å²) < 4.78 is 0. The van der Waals surface area contributed by atoms with Crippen molar-refractivity contribution in [2.75, 3.05) is 5.32 Å². The van der Waals surface area contributed by atoms with Crippen LogP contribution in [0.2, 0.25) is 5.02 Å². The number of aryl methyl sites for hydroxylation is 2. The van der Waals surface area contributed by atoms with E-state index in [1.165, 1.54) is 16.9 Å². The Kier molecular flexibility index (Phi) is 7.93. The smallest absolute Gasteiger partial charge is 0.286 e. The number of carbonyl (C=O) groups is 2. The van der Waals surface area contributed by atoms with Crippen molar-refractivity contribution in [2.24, 2.45) is 0 Å². The molecule has 2 amide bonds. The summed E-state index contributed by atoms with van der Waals surface area (Å²) in [4.78, 5) is 24.3. The summed E-state index contributed by atoms with van der Waals surface area (Å²) >= 11 is 7.15. The molecule has 1 aromatic heterocycles. The second-order valence-electron chi connectivity index (χ2n) is 6.77. The molecule has 0 unspecified atom stereocenters. The highest BCUT2D eigenvalue weighted by molar-refractivity contribution is 7.13. The van der Waals surface area contributed by atoms with Gasteiger partial charge in [0.1, 0.15) is 5.01 Å². The van der Waals surface area contributed by atoms with Gasteiger partial charge >= 0.3 is 0 Å². The van der Waals surface area contributed by atoms with Crippen LogP contribution in [0.3, 0.4) is 0 Å². The quantitative estimate of drug-likeness (QED) is 0.505. The molecular weight excluding hydrogens is 420 g/mol. The average Bonchev–Trinajstić information content (AvgIpc) is 3.22. The van der Waals surface area contributed by atoms with Gasteiger partial charge in [0.25, 0.3) is 5.91 Å². The second kappa shape index (κ2) is 10.8. The predicted octanol–water partition coefficient (Wildman–Crippen LogP) is 4.65. The molecule has 0 fully saturated rings. The van der Waals surface area contributed by atoms with Crippen molar-refractivity contribution in [1.82, 2.24) is 15.5 Å². The first kappa shape index (κ1) is 21.9. The van der Waals surface area contributed by atoms with E-state index < -0.39 is 0 Å². The molecule has 2 N–H and O–H groups in total. The minimum Gasteiger partial charge on any atom is -0.352 e. The number of carbonyl (C=O) groups excluding carboxylic acids is 2. The van der Waals surface area contributed by atoms with E-state index in [0.29, 0.717) is 36.5 Å². The zero-order chi connectivity index (χ0) is 21.3. The second-order valence-corrected chi connectivity index (χ2v) is 8.26. The van der Waals surface area contributed by atoms with Gasteiger partial charge in [-0.3, -0.25) is 9.59 Å². The first-order chi connectivity index (χ1) is 14.5. The predicted molar refractivity (Wildman–Crippen MR) is 120 cm³/mol. The maximum atomic E-state index is 12.3. The van der Waals surface area contributed by atoms with Crippen molar-refractivity contribution in [2.45, 2.75) is 39.2 Å². The van der Waals surface area contributed by atoms with E-state index in [1.54, 1.807) is 24.3 Å². The van der Waals surface area contributed by atoms with Gasteiger partial charge in [-0.2, -0.15) is 0 Å². The lowest BCUT2D eigenvalue weighted by molar-refractivity contribution is -0.121. The number of hydrogen-bond acceptors (Lipinski definition) is 5. The maximum Gasteiger partial charge on any atom is 0.286 e. The zero-order valence-corrected chi connectivity index (χ0v) is 18.2. The van der Waals surface area contributed by atoms with Gasteiger partial charge in [-0.1, -0.05) is 60.2 Å². The van der Waals surface area contributed by atoms with Crippen LogP contribution in [0.25, 0.3) is 0 Å². The molecule has 0 saturated heterocycles. The molecular formula is C22H23ClN4O2S. The first-order valence-electron chi connectivity index (χ1n) is 9.77. The molecule has 0 spiro atoms. The number of rotatable bonds is 9. The van der Waals surface area contributed by atoms with Crippen LogP contribution in [-0.4, -0.2) is 22.0 Å². The molecule has 0 saturated carbocycles. The molecule has 0 aliphatic carbocycles. The van der Waals surface area contributed by atoms with E-state index in [1.807, 2.05) is 12.1 Å². The number of aromatic nitrogens is 2. The molecule has 30 heavy (non-hydrogen) atoms. The highest BCUT2D eigenvalue weighted by Gasteiger charge is 2.13. The third kappa shape index (κ3) is 6.64. The Bertz CT molecular complexity index is 1000. The lowest BCUT2D eigenvalue weighted by atomic mass is 10.1. The van der Waals surface area contributed by atoms with E-state index in [0.717, 1.165) is 17.0 Å². The molecule has 0 bridgehead atoms. The number of hydrogen-bond donors (Lipinski definition) is 2. The molecule has 3 rings (SSSR count). The van der Waals surface area contributed by atoms with Crippen LogP contribution in [0.4, 0.5) is 5.69 Å². The number of anilines is 1. The summed E-state index contributed by atoms with van der Waals surface area (Å²) in [5.41, 5.74) is 2.97. The van der Waals surface area contributed by atoms with Gasteiger partial charge in [0.05, 0.1) is 0 Å². The lowest BCUT2D eigenvalue weighted by Crippen LogP contribution is -2.22. The summed E-state index contributed by atoms with van der Waals surface area (Å²) in [6.07, 6.45) is 2.64. The van der Waals surface area contributed by atoms with Crippen LogP contribution in [0.5, 0.6) is 0 Å². The van der Waals surface area contributed by atoms with Gasteiger partial charge in [-0.15, -0.1) is 10.2 Å². The molecule has 6 nitrogen and oxygen atoms in total. The van der Waals surface area contributed by atoms with Gasteiger partial charge in [0, 0.05) is 30.1 Å². The molecule has 0 aliphatic rings. The Balaban J connectivity index is 1.40. The van der Waals surface area contributed by atoms with Gasteiger partial charge < -0.3 is 10.6 Å². The van der Waals surface area contributed by atoms with E-state index in [4.69, 9.17) is 11.6 Å². The fourth-order valence-electron chi connectivity index (χ4n) is 2.78. The average molecular weight is 443 g/mol. The molecule has 156 valence electrons. The molecule has 0 aliphatic heterocycles. The van der Waals surface area contributed by atoms with Crippen molar-refractivity contribution in [1.29, 1.82) is 0 Å². The number of amides is 2. The standard InChI is InChI=1S/C22H23ClN4O2S/c1-2-15-9-11-16(12-10-15)14-24-19(28)7-4-8-20-26-27-22(30-20)21(29)25-18-6-3-5-17(23)13-18/h3,5-6,9-13H,2,4,7-8,14H2,1H3,(H,24,28)(H,25,29). The number of nitrogens with one attached hydrogen (secondary N) is 2. The van der Waals surface area contributed by atoms with Gasteiger partial charge in [0.15, 0.2) is 0 Å². The van der Waals surface area contributed by atoms with E-state index >= 15 is 0 Å². The van der Waals surface area contributed by atoms with Gasteiger partial charge in [0.2, 0.25) is 10.9 Å². The van der Waals surface area contributed by atoms with Crippen molar-refractivity contribution < 1.29 is 9.59 Å². The van der Waals surface area contributed by atoms with Crippen LogP contribution in [-0.2, 0) is 24.2 Å². The summed E-state index contributed by atoms with van der Waals surface area (Å²) in [7, 11) is 0. The van der Waals surface area contributed by atoms with Crippen LogP contribution >= 0.6 is 22.9 Å². The Hall–Kier alpha value is -2.77. The highest BCUT2D eigenvalue weighted by atomic mass is 35.5. The zero-order valence-electron chi connectivity index (χ0n) is 16.7. The molecule has 2 aromatic carbocycles. The van der Waals surface area contributed by atoms with Crippen LogP contribution < -0.4 is 10.6 Å². The Morgan fingerprint density at radius 3 is 2.57 bits per heavy atom. The minimum atomic E-state index is -0.326. The molecule has 0 atom stereocenters. The number of halogens is 1. The van der Waals surface area contributed by atoms with Crippen molar-refractivity contribution in [3.05, 3.63) is 74.7 Å². The van der Waals surface area contributed by atoms with Gasteiger partial charge in [-0.05, 0) is 42.2 Å². The topological polar surface area (TPSA) is 84.0 Å². The van der Waals surface area contributed by atoms with Crippen LogP contribution in [0, 0.1) is 0 Å². The fourth-order valence-corrected chi connectivity index (χ4v) is 3.75. The SMILES string of the molecule is CCc1ccc(CNC(=O)CCCc2nnc(C(=O)Nc3cccc(Cl)c3)s2)cc1. The number of benzene rings is 2. The summed E-state index contributed by atoms with van der Waals surface area (Å²) in [6.45, 7) is 2.64. The maximum absolute atomic E-state index is 12.3. The van der Waals surface area contributed by atoms with Crippen molar-refractivity contribution >= 4 is 40.4 Å². The Morgan fingerprint density at radius 1 is 1.07 bits per heavy atom. The fraction of sp³-hybridized carbons (Fsp3) is 0.273. The molecule has 0 radical (unpaired) electrons. The molecule has 1 heterocycles. The monoisotopic (exact) mass is 442 g/mol. The minimum absolute atomic E-state index is 0.00185. The first-order valence-corrected chi connectivity index (χ1v) is 11.0. The van der Waals surface area contributed by atoms with Crippen LogP contribution in [0.1, 0.15) is 45.7 Å². The van der Waals surface area contributed by atoms with Gasteiger partial charge in [-0.25, -0.2) is 0 Å². The third-order valence-electron chi connectivity index (χ3n) is 4.46. The number of nitrogens with zero attached hydrogens (tertiary/aromatic N) is 2. The molecule has 3 aromatic rings. The van der Waals surface area contributed by atoms with Crippen molar-refractivity contribution in [3.63, 3.8) is 0 Å². The normalized spacial score (nSPS) is 10.6. The summed E-state index contributed by atoms with van der Waals surface area (Å²) in [5, 5.41) is 15.2. The Morgan fingerprint density at radius 2 is 1.83 bits per heavy atom. The largest absolute Gasteiger partial charge is 0.352 e. The summed E-state index contributed by atoms with van der Waals surface area (Å²) in [5.74, 6) is -0.328. The van der Waals surface area contributed by atoms with E-state index in [-0.39, 0.29) is 16.8 Å². The van der Waals surface area contributed by atoms with E-state index in [2.05, 4.69) is 39.9 Å². The Labute approximate surface area is 184 Å². The molecule has 8 heteroatoms. The summed E-state index contributed by atoms with van der Waals surface area (Å²) in [6, 6.07) is 15.1. The third-order valence-corrected chi connectivity index (χ3v) is 5.68. The lowest BCUT2D eigenvalue weighted by Gasteiger charge is -2.06. The van der Waals surface area contributed by atoms with Crippen molar-refractivity contribution in [3.8, 4) is 0 Å². The highest BCUT2D eigenvalue weighted by Crippen LogP contribution is 2.18. The van der Waals surface area contributed by atoms with E-state index in [9.17, 15) is 9.59 Å². The van der Waals surface area contributed by atoms with Crippen LogP contribution in [0.15, 0.2) is 48.5 Å².